The minimum atomic E-state index is -4.48. The highest BCUT2D eigenvalue weighted by Gasteiger charge is 2.33. The van der Waals surface area contributed by atoms with Gasteiger partial charge in [0.15, 0.2) is 0 Å². The van der Waals surface area contributed by atoms with Crippen LogP contribution in [0.3, 0.4) is 0 Å². The normalized spacial score (nSPS) is 11.9. The van der Waals surface area contributed by atoms with Gasteiger partial charge in [0.1, 0.15) is 17.8 Å². The van der Waals surface area contributed by atoms with E-state index < -0.39 is 24.1 Å². The van der Waals surface area contributed by atoms with Crippen LogP contribution in [0.5, 0.6) is 0 Å². The number of hydrogen-bond acceptors (Lipinski definition) is 2. The van der Waals surface area contributed by atoms with Crippen LogP contribution in [0.1, 0.15) is 11.3 Å². The Morgan fingerprint density at radius 2 is 2.06 bits per heavy atom. The molecule has 2 aromatic rings. The summed E-state index contributed by atoms with van der Waals surface area (Å²) in [6, 6.07) is 4.64. The zero-order valence-corrected chi connectivity index (χ0v) is 8.41. The maximum absolute atomic E-state index is 12.6. The zero-order valence-electron chi connectivity index (χ0n) is 8.41. The molecule has 17 heavy (non-hydrogen) atoms. The monoisotopic (exact) mass is 244 g/mol. The molecule has 0 aliphatic carbocycles. The summed E-state index contributed by atoms with van der Waals surface area (Å²) in [5, 5.41) is 8.42. The fourth-order valence-corrected chi connectivity index (χ4v) is 1.60. The molecule has 1 aromatic heterocycles. The van der Waals surface area contributed by atoms with Crippen molar-refractivity contribution in [1.82, 2.24) is 0 Å². The number of fused-ring (bicyclic) bond motifs is 1. The molecule has 0 unspecified atom stereocenters. The predicted molar refractivity (Wildman–Crippen MR) is 52.6 cm³/mol. The van der Waals surface area contributed by atoms with Crippen molar-refractivity contribution in [3.63, 3.8) is 0 Å². The van der Waals surface area contributed by atoms with Gasteiger partial charge in [-0.15, -0.1) is 0 Å². The molecule has 0 amide bonds. The molecule has 0 fully saturated rings. The molecule has 1 heterocycles. The minimum absolute atomic E-state index is 0.00389. The first-order valence-electron chi connectivity index (χ1n) is 4.68. The Kier molecular flexibility index (Phi) is 2.57. The molecule has 0 spiro atoms. The number of benzene rings is 1. The number of carbonyl (C=O) groups is 1. The third-order valence-electron chi connectivity index (χ3n) is 2.24. The Bertz CT molecular complexity index is 569. The van der Waals surface area contributed by atoms with Crippen LogP contribution >= 0.6 is 0 Å². The lowest BCUT2D eigenvalue weighted by Crippen LogP contribution is -2.04. The van der Waals surface area contributed by atoms with Gasteiger partial charge in [-0.2, -0.15) is 13.2 Å². The SMILES string of the molecule is O=C(O)Cc1cc2c(C(F)(F)F)cccc2o1. The maximum Gasteiger partial charge on any atom is 0.417 e. The van der Waals surface area contributed by atoms with Gasteiger partial charge in [-0.05, 0) is 18.2 Å². The maximum atomic E-state index is 12.6. The number of furan rings is 1. The number of aliphatic carboxylic acids is 1. The second-order valence-electron chi connectivity index (χ2n) is 3.50. The van der Waals surface area contributed by atoms with Gasteiger partial charge in [-0.1, -0.05) is 6.07 Å². The summed E-state index contributed by atoms with van der Waals surface area (Å²) >= 11 is 0. The molecule has 3 nitrogen and oxygen atoms in total. The summed E-state index contributed by atoms with van der Waals surface area (Å²) in [5.41, 5.74) is -0.786. The molecule has 1 aromatic carbocycles. The van der Waals surface area contributed by atoms with Crippen molar-refractivity contribution in [2.45, 2.75) is 12.6 Å². The Hall–Kier alpha value is -1.98. The highest BCUT2D eigenvalue weighted by atomic mass is 19.4. The van der Waals surface area contributed by atoms with E-state index in [0.29, 0.717) is 0 Å². The van der Waals surface area contributed by atoms with E-state index in [1.54, 1.807) is 0 Å². The second-order valence-corrected chi connectivity index (χ2v) is 3.50. The Labute approximate surface area is 93.5 Å². The Morgan fingerprint density at radius 3 is 2.65 bits per heavy atom. The minimum Gasteiger partial charge on any atom is -0.481 e. The van der Waals surface area contributed by atoms with Gasteiger partial charge in [-0.25, -0.2) is 0 Å². The van der Waals surface area contributed by atoms with Crippen molar-refractivity contribution in [3.05, 3.63) is 35.6 Å². The van der Waals surface area contributed by atoms with Crippen molar-refractivity contribution in [2.75, 3.05) is 0 Å². The lowest BCUT2D eigenvalue weighted by atomic mass is 10.1. The molecule has 0 aliphatic heterocycles. The first-order valence-corrected chi connectivity index (χ1v) is 4.68. The van der Waals surface area contributed by atoms with E-state index in [2.05, 4.69) is 0 Å². The van der Waals surface area contributed by atoms with Gasteiger partial charge in [0.2, 0.25) is 0 Å². The van der Waals surface area contributed by atoms with E-state index >= 15 is 0 Å². The Balaban J connectivity index is 2.57. The Morgan fingerprint density at radius 1 is 1.35 bits per heavy atom. The summed E-state index contributed by atoms with van der Waals surface area (Å²) < 4.78 is 42.9. The lowest BCUT2D eigenvalue weighted by molar-refractivity contribution is -0.137. The number of carboxylic acid groups (broad SMARTS) is 1. The van der Waals surface area contributed by atoms with Crippen molar-refractivity contribution >= 4 is 16.9 Å². The number of alkyl halides is 3. The van der Waals surface area contributed by atoms with Crippen LogP contribution in [0.25, 0.3) is 11.0 Å². The molecule has 0 atom stereocenters. The summed E-state index contributed by atoms with van der Waals surface area (Å²) in [5.74, 6) is -1.15. The van der Waals surface area contributed by atoms with Gasteiger partial charge in [0.05, 0.1) is 5.56 Å². The van der Waals surface area contributed by atoms with E-state index in [4.69, 9.17) is 9.52 Å². The summed E-state index contributed by atoms with van der Waals surface area (Å²) in [6.45, 7) is 0. The van der Waals surface area contributed by atoms with E-state index in [9.17, 15) is 18.0 Å². The summed E-state index contributed by atoms with van der Waals surface area (Å²) in [7, 11) is 0. The molecule has 0 saturated heterocycles. The first kappa shape index (κ1) is 11.5. The molecule has 0 radical (unpaired) electrons. The standard InChI is InChI=1S/C11H7F3O3/c12-11(13,14)8-2-1-3-9-7(8)4-6(17-9)5-10(15)16/h1-4H,5H2,(H,15,16). The third kappa shape index (κ3) is 2.25. The molecule has 0 aliphatic rings. The number of carboxylic acids is 1. The summed E-state index contributed by atoms with van der Waals surface area (Å²) in [6.07, 6.45) is -4.92. The predicted octanol–water partition coefficient (Wildman–Crippen LogP) is 3.08. The van der Waals surface area contributed by atoms with Crippen LogP contribution in [-0.4, -0.2) is 11.1 Å². The van der Waals surface area contributed by atoms with Crippen molar-refractivity contribution in [3.8, 4) is 0 Å². The van der Waals surface area contributed by atoms with E-state index in [1.165, 1.54) is 12.1 Å². The second kappa shape index (κ2) is 3.80. The molecular formula is C11H7F3O3. The van der Waals surface area contributed by atoms with Crippen LogP contribution < -0.4 is 0 Å². The molecule has 90 valence electrons. The van der Waals surface area contributed by atoms with Crippen LogP contribution in [0.15, 0.2) is 28.7 Å². The topological polar surface area (TPSA) is 50.4 Å². The van der Waals surface area contributed by atoms with Gasteiger partial charge in [-0.3, -0.25) is 4.79 Å². The quantitative estimate of drug-likeness (QED) is 0.883. The molecule has 1 N–H and O–H groups in total. The van der Waals surface area contributed by atoms with Crippen LogP contribution in [-0.2, 0) is 17.4 Å². The van der Waals surface area contributed by atoms with Crippen LogP contribution in [0.2, 0.25) is 0 Å². The molecule has 2 rings (SSSR count). The molecule has 0 bridgehead atoms. The molecular weight excluding hydrogens is 237 g/mol. The van der Waals surface area contributed by atoms with Crippen LogP contribution in [0, 0.1) is 0 Å². The third-order valence-corrected chi connectivity index (χ3v) is 2.24. The van der Waals surface area contributed by atoms with E-state index in [-0.39, 0.29) is 16.7 Å². The molecule has 6 heteroatoms. The lowest BCUT2D eigenvalue weighted by Gasteiger charge is -2.06. The molecule has 0 saturated carbocycles. The number of halogens is 3. The van der Waals surface area contributed by atoms with E-state index in [0.717, 1.165) is 12.1 Å². The average Bonchev–Trinajstić information content (AvgIpc) is 2.55. The van der Waals surface area contributed by atoms with E-state index in [1.807, 2.05) is 0 Å². The fraction of sp³-hybridized carbons (Fsp3) is 0.182. The summed E-state index contributed by atoms with van der Waals surface area (Å²) in [4.78, 5) is 10.4. The largest absolute Gasteiger partial charge is 0.481 e. The fourth-order valence-electron chi connectivity index (χ4n) is 1.60. The van der Waals surface area contributed by atoms with Gasteiger partial charge in [0, 0.05) is 5.39 Å². The smallest absolute Gasteiger partial charge is 0.417 e. The first-order chi connectivity index (χ1) is 7.88. The zero-order chi connectivity index (χ0) is 12.6. The number of rotatable bonds is 2. The average molecular weight is 244 g/mol. The highest BCUT2D eigenvalue weighted by molar-refractivity contribution is 5.83. The highest BCUT2D eigenvalue weighted by Crippen LogP contribution is 2.35. The van der Waals surface area contributed by atoms with Gasteiger partial charge in [0.25, 0.3) is 0 Å². The van der Waals surface area contributed by atoms with Crippen LogP contribution in [0.4, 0.5) is 13.2 Å². The van der Waals surface area contributed by atoms with Crippen molar-refractivity contribution in [1.29, 1.82) is 0 Å². The van der Waals surface area contributed by atoms with Crippen molar-refractivity contribution < 1.29 is 27.5 Å². The van der Waals surface area contributed by atoms with Gasteiger partial charge < -0.3 is 9.52 Å². The van der Waals surface area contributed by atoms with Gasteiger partial charge >= 0.3 is 12.1 Å². The number of hydrogen-bond donors (Lipinski definition) is 1. The van der Waals surface area contributed by atoms with Crippen molar-refractivity contribution in [2.24, 2.45) is 0 Å².